The Hall–Kier alpha value is -6.32. The van der Waals surface area contributed by atoms with Gasteiger partial charge in [0.1, 0.15) is 22.3 Å². The van der Waals surface area contributed by atoms with Gasteiger partial charge in [0.05, 0.1) is 0 Å². The highest BCUT2D eigenvalue weighted by atomic mass is 16.3. The van der Waals surface area contributed by atoms with Crippen LogP contribution in [-0.2, 0) is 0 Å². The van der Waals surface area contributed by atoms with E-state index in [0.29, 0.717) is 0 Å². The van der Waals surface area contributed by atoms with Crippen molar-refractivity contribution < 1.29 is 8.83 Å². The van der Waals surface area contributed by atoms with Crippen molar-refractivity contribution in [1.82, 2.24) is 0 Å². The fourth-order valence-corrected chi connectivity index (χ4v) is 7.24. The minimum Gasteiger partial charge on any atom is -0.456 e. The van der Waals surface area contributed by atoms with Crippen LogP contribution in [0.1, 0.15) is 0 Å². The van der Waals surface area contributed by atoms with E-state index in [4.69, 9.17) is 8.83 Å². The minimum absolute atomic E-state index is 0.889. The lowest BCUT2D eigenvalue weighted by Crippen LogP contribution is -2.09. The third-order valence-electron chi connectivity index (χ3n) is 9.41. The Morgan fingerprint density at radius 2 is 0.936 bits per heavy atom. The first-order chi connectivity index (χ1) is 23.3. The van der Waals surface area contributed by atoms with Gasteiger partial charge < -0.3 is 13.7 Å². The third-order valence-corrected chi connectivity index (χ3v) is 9.41. The smallest absolute Gasteiger partial charge is 0.136 e. The molecule has 10 aromatic rings. The fourth-order valence-electron chi connectivity index (χ4n) is 7.24. The number of hydrogen-bond acceptors (Lipinski definition) is 3. The van der Waals surface area contributed by atoms with Gasteiger partial charge in [0.2, 0.25) is 0 Å². The molecule has 0 saturated carbocycles. The standard InChI is InChI=1S/C44H27NO2/c1-2-10-32(11-3-1)45(34-22-24-41-38(27-34)35-13-4-6-15-39(35)46-41)33-12-8-9-30(25-33)31-20-18-28-17-19-29-21-23-42-44(43(29)37(28)26-31)36-14-5-7-16-40(36)47-42/h1-27H. The van der Waals surface area contributed by atoms with Crippen molar-refractivity contribution >= 4 is 82.5 Å². The van der Waals surface area contributed by atoms with Gasteiger partial charge in [0.15, 0.2) is 0 Å². The molecule has 0 N–H and O–H groups in total. The van der Waals surface area contributed by atoms with E-state index in [2.05, 4.69) is 150 Å². The Labute approximate surface area is 270 Å². The molecule has 0 radical (unpaired) electrons. The van der Waals surface area contributed by atoms with E-state index < -0.39 is 0 Å². The fraction of sp³-hybridized carbons (Fsp3) is 0. The molecule has 0 aliphatic carbocycles. The Morgan fingerprint density at radius 1 is 0.319 bits per heavy atom. The van der Waals surface area contributed by atoms with E-state index in [0.717, 1.165) is 61.1 Å². The molecule has 3 heteroatoms. The van der Waals surface area contributed by atoms with E-state index in [-0.39, 0.29) is 0 Å². The number of nitrogens with zero attached hydrogens (tertiary/aromatic N) is 1. The van der Waals surface area contributed by atoms with E-state index in [1.165, 1.54) is 32.5 Å². The molecular formula is C44H27NO2. The third kappa shape index (κ3) is 4.07. The molecule has 0 unspecified atom stereocenters. The number of hydrogen-bond donors (Lipinski definition) is 0. The van der Waals surface area contributed by atoms with E-state index in [1.807, 2.05) is 18.2 Å². The number of fused-ring (bicyclic) bond motifs is 10. The second kappa shape index (κ2) is 10.1. The number of para-hydroxylation sites is 3. The van der Waals surface area contributed by atoms with Gasteiger partial charge in [-0.3, -0.25) is 0 Å². The van der Waals surface area contributed by atoms with Crippen molar-refractivity contribution in [3.8, 4) is 11.1 Å². The summed E-state index contributed by atoms with van der Waals surface area (Å²) in [5.41, 5.74) is 9.20. The Kier molecular flexibility index (Phi) is 5.57. The van der Waals surface area contributed by atoms with Crippen LogP contribution in [0.15, 0.2) is 173 Å². The maximum Gasteiger partial charge on any atom is 0.136 e. The number of furan rings is 2. The predicted molar refractivity (Wildman–Crippen MR) is 196 cm³/mol. The first-order valence-electron chi connectivity index (χ1n) is 15.9. The minimum atomic E-state index is 0.889. The molecule has 0 aliphatic rings. The summed E-state index contributed by atoms with van der Waals surface area (Å²) in [4.78, 5) is 2.32. The molecule has 10 rings (SSSR count). The van der Waals surface area contributed by atoms with Gasteiger partial charge in [0, 0.05) is 44.0 Å². The number of benzene rings is 8. The van der Waals surface area contributed by atoms with Crippen LogP contribution in [-0.4, -0.2) is 0 Å². The summed E-state index contributed by atoms with van der Waals surface area (Å²) < 4.78 is 12.4. The highest BCUT2D eigenvalue weighted by Gasteiger charge is 2.17. The van der Waals surface area contributed by atoms with Gasteiger partial charge in [-0.15, -0.1) is 0 Å². The monoisotopic (exact) mass is 601 g/mol. The molecular weight excluding hydrogens is 574 g/mol. The molecule has 0 bridgehead atoms. The van der Waals surface area contributed by atoms with Gasteiger partial charge >= 0.3 is 0 Å². The lowest BCUT2D eigenvalue weighted by atomic mass is 9.94. The Bertz CT molecular complexity index is 2810. The molecule has 0 amide bonds. The lowest BCUT2D eigenvalue weighted by molar-refractivity contribution is 0.668. The zero-order chi connectivity index (χ0) is 30.9. The molecule has 0 saturated heterocycles. The molecule has 8 aromatic carbocycles. The van der Waals surface area contributed by atoms with Gasteiger partial charge in [-0.25, -0.2) is 0 Å². The highest BCUT2D eigenvalue weighted by molar-refractivity contribution is 6.27. The molecule has 220 valence electrons. The van der Waals surface area contributed by atoms with Crippen LogP contribution in [0.5, 0.6) is 0 Å². The quantitative estimate of drug-likeness (QED) is 0.188. The molecule has 2 heterocycles. The summed E-state index contributed by atoms with van der Waals surface area (Å²) in [6.45, 7) is 0. The van der Waals surface area contributed by atoms with Crippen molar-refractivity contribution in [2.75, 3.05) is 4.90 Å². The van der Waals surface area contributed by atoms with Gasteiger partial charge in [0.25, 0.3) is 0 Å². The van der Waals surface area contributed by atoms with Crippen LogP contribution < -0.4 is 4.90 Å². The summed E-state index contributed by atoms with van der Waals surface area (Å²) in [5, 5.41) is 9.42. The average Bonchev–Trinajstić information content (AvgIpc) is 3.70. The molecule has 0 aliphatic heterocycles. The largest absolute Gasteiger partial charge is 0.456 e. The van der Waals surface area contributed by atoms with Crippen molar-refractivity contribution in [2.45, 2.75) is 0 Å². The Balaban J connectivity index is 1.16. The topological polar surface area (TPSA) is 29.5 Å². The van der Waals surface area contributed by atoms with Crippen molar-refractivity contribution in [3.05, 3.63) is 164 Å². The maximum atomic E-state index is 6.28. The molecule has 0 spiro atoms. The lowest BCUT2D eigenvalue weighted by Gasteiger charge is -2.26. The predicted octanol–water partition coefficient (Wildman–Crippen LogP) is 12.9. The summed E-state index contributed by atoms with van der Waals surface area (Å²) in [7, 11) is 0. The van der Waals surface area contributed by atoms with Crippen molar-refractivity contribution in [2.24, 2.45) is 0 Å². The van der Waals surface area contributed by atoms with Gasteiger partial charge in [-0.05, 0) is 94.0 Å². The molecule has 47 heavy (non-hydrogen) atoms. The Morgan fingerprint density at radius 3 is 1.83 bits per heavy atom. The second-order valence-corrected chi connectivity index (χ2v) is 12.1. The van der Waals surface area contributed by atoms with Crippen LogP contribution in [0, 0.1) is 0 Å². The van der Waals surface area contributed by atoms with Crippen LogP contribution in [0.4, 0.5) is 17.1 Å². The first-order valence-corrected chi connectivity index (χ1v) is 15.9. The van der Waals surface area contributed by atoms with Crippen molar-refractivity contribution in [3.63, 3.8) is 0 Å². The van der Waals surface area contributed by atoms with E-state index >= 15 is 0 Å². The average molecular weight is 602 g/mol. The van der Waals surface area contributed by atoms with Gasteiger partial charge in [-0.1, -0.05) is 97.1 Å². The normalized spacial score (nSPS) is 11.8. The van der Waals surface area contributed by atoms with Crippen LogP contribution in [0.25, 0.3) is 76.5 Å². The molecule has 0 fully saturated rings. The summed E-state index contributed by atoms with van der Waals surface area (Å²) in [6, 6.07) is 58.0. The summed E-state index contributed by atoms with van der Waals surface area (Å²) in [6.07, 6.45) is 0. The zero-order valence-corrected chi connectivity index (χ0v) is 25.4. The summed E-state index contributed by atoms with van der Waals surface area (Å²) >= 11 is 0. The number of rotatable bonds is 4. The number of anilines is 3. The van der Waals surface area contributed by atoms with Crippen LogP contribution in [0.2, 0.25) is 0 Å². The van der Waals surface area contributed by atoms with Crippen molar-refractivity contribution in [1.29, 1.82) is 0 Å². The first kappa shape index (κ1) is 26.0. The molecule has 0 atom stereocenters. The SMILES string of the molecule is c1ccc(N(c2cccc(-c3ccc4ccc5ccc6oc7ccccc7c6c5c4c3)c2)c2ccc3oc4ccccc4c3c2)cc1. The molecule has 3 nitrogen and oxygen atoms in total. The van der Waals surface area contributed by atoms with Gasteiger partial charge in [-0.2, -0.15) is 0 Å². The highest BCUT2D eigenvalue weighted by Crippen LogP contribution is 2.42. The van der Waals surface area contributed by atoms with Crippen LogP contribution in [0.3, 0.4) is 0 Å². The molecule has 2 aromatic heterocycles. The zero-order valence-electron chi connectivity index (χ0n) is 25.4. The van der Waals surface area contributed by atoms with Crippen LogP contribution >= 0.6 is 0 Å². The van der Waals surface area contributed by atoms with E-state index in [1.54, 1.807) is 0 Å². The summed E-state index contributed by atoms with van der Waals surface area (Å²) in [5.74, 6) is 0. The second-order valence-electron chi connectivity index (χ2n) is 12.1. The maximum absolute atomic E-state index is 6.28. The van der Waals surface area contributed by atoms with E-state index in [9.17, 15) is 0 Å².